The lowest BCUT2D eigenvalue weighted by Gasteiger charge is -1.99. The largest absolute Gasteiger partial charge is 0.374 e. The Morgan fingerprint density at radius 2 is 2.47 bits per heavy atom. The Kier molecular flexibility index (Phi) is 3.92. The minimum absolute atomic E-state index is 0.0850. The summed E-state index contributed by atoms with van der Waals surface area (Å²) >= 11 is 6.04. The van der Waals surface area contributed by atoms with Gasteiger partial charge in [0, 0.05) is 18.5 Å². The van der Waals surface area contributed by atoms with Gasteiger partial charge in [-0.15, -0.1) is 0 Å². The van der Waals surface area contributed by atoms with E-state index in [0.717, 1.165) is 18.5 Å². The molecule has 0 bridgehead atoms. The number of anilines is 1. The Morgan fingerprint density at radius 3 is 2.87 bits per heavy atom. The molecule has 0 aliphatic carbocycles. The van der Waals surface area contributed by atoms with E-state index in [4.69, 9.17) is 17.3 Å². The second-order valence-electron chi connectivity index (χ2n) is 2.32. The molecule has 0 radical (unpaired) electrons. The van der Waals surface area contributed by atoms with Gasteiger partial charge >= 0.3 is 0 Å². The molecule has 0 saturated carbocycles. The highest BCUT2D eigenvalue weighted by Crippen LogP contribution is 2.09. The van der Waals surface area contributed by atoms with Crippen molar-refractivity contribution in [1.82, 2.24) is 9.36 Å². The summed E-state index contributed by atoms with van der Waals surface area (Å²) in [7, 11) is 0. The zero-order valence-corrected chi connectivity index (χ0v) is 9.05. The number of hydrogen-bond acceptors (Lipinski definition) is 7. The summed E-state index contributed by atoms with van der Waals surface area (Å²) < 4.78 is 16.0. The van der Waals surface area contributed by atoms with Gasteiger partial charge in [0.05, 0.1) is 0 Å². The first-order chi connectivity index (χ1) is 7.00. The number of hydrogen-bond donors (Lipinski definition) is 1. The lowest BCUT2D eigenvalue weighted by Crippen LogP contribution is -2.13. The van der Waals surface area contributed by atoms with Crippen LogP contribution in [0.1, 0.15) is 12.7 Å². The summed E-state index contributed by atoms with van der Waals surface area (Å²) in [6, 6.07) is 0. The van der Waals surface area contributed by atoms with Crippen LogP contribution in [0.5, 0.6) is 0 Å². The fourth-order valence-corrected chi connectivity index (χ4v) is 1.17. The summed E-state index contributed by atoms with van der Waals surface area (Å²) in [6.07, 6.45) is -1.66. The maximum absolute atomic E-state index is 12.3. The van der Waals surface area contributed by atoms with Crippen LogP contribution >= 0.6 is 23.1 Å². The summed E-state index contributed by atoms with van der Waals surface area (Å²) in [5.74, 6) is -0.0850. The van der Waals surface area contributed by atoms with Crippen molar-refractivity contribution in [3.8, 4) is 0 Å². The number of alkyl halides is 1. The van der Waals surface area contributed by atoms with Crippen LogP contribution in [-0.4, -0.2) is 26.7 Å². The van der Waals surface area contributed by atoms with Crippen LogP contribution in [0.4, 0.5) is 9.52 Å². The number of halogens is 2. The molecule has 0 saturated heterocycles. The van der Waals surface area contributed by atoms with Gasteiger partial charge < -0.3 is 10.6 Å². The van der Waals surface area contributed by atoms with E-state index in [1.807, 2.05) is 0 Å². The van der Waals surface area contributed by atoms with Gasteiger partial charge in [-0.25, -0.2) is 0 Å². The van der Waals surface area contributed by atoms with Crippen LogP contribution in [0.2, 0.25) is 0 Å². The highest BCUT2D eigenvalue weighted by atomic mass is 35.5. The smallest absolute Gasteiger partial charge is 0.278 e. The molecule has 82 valence electrons. The molecule has 1 aromatic heterocycles. The molecule has 0 aliphatic rings. The average molecular weight is 253 g/mol. The molecule has 0 aliphatic heterocycles. The molecule has 0 aromatic carbocycles. The van der Waals surface area contributed by atoms with Gasteiger partial charge in [-0.3, -0.25) is 4.79 Å². The summed E-state index contributed by atoms with van der Waals surface area (Å²) in [4.78, 5) is 18.8. The standard InChI is InChI=1S/C6H6ClFN4O2S/c1-2(8)14-11-3(4(7)13)5-10-6(9)15-12-5/h2H,1H3,(H2,9,10,12). The molecule has 15 heavy (non-hydrogen) atoms. The van der Waals surface area contributed by atoms with E-state index in [1.54, 1.807) is 0 Å². The Hall–Kier alpha value is -1.28. The number of nitrogen functional groups attached to an aromatic ring is 1. The minimum atomic E-state index is -1.66. The van der Waals surface area contributed by atoms with Crippen LogP contribution in [0.3, 0.4) is 0 Å². The monoisotopic (exact) mass is 252 g/mol. The zero-order valence-electron chi connectivity index (χ0n) is 7.48. The van der Waals surface area contributed by atoms with Crippen LogP contribution < -0.4 is 5.73 Å². The molecule has 6 nitrogen and oxygen atoms in total. The third-order valence-electron chi connectivity index (χ3n) is 1.13. The number of carbonyl (C=O) groups is 1. The number of rotatable bonds is 4. The first-order valence-electron chi connectivity index (χ1n) is 3.68. The van der Waals surface area contributed by atoms with E-state index in [-0.39, 0.29) is 16.7 Å². The number of nitrogens with zero attached hydrogens (tertiary/aromatic N) is 3. The van der Waals surface area contributed by atoms with E-state index in [9.17, 15) is 9.18 Å². The molecule has 0 fully saturated rings. The van der Waals surface area contributed by atoms with Crippen molar-refractivity contribution in [3.63, 3.8) is 0 Å². The van der Waals surface area contributed by atoms with Crippen molar-refractivity contribution in [1.29, 1.82) is 0 Å². The van der Waals surface area contributed by atoms with Crippen LogP contribution in [0.25, 0.3) is 0 Å². The van der Waals surface area contributed by atoms with Crippen molar-refractivity contribution in [2.45, 2.75) is 13.3 Å². The van der Waals surface area contributed by atoms with Gasteiger partial charge in [-0.05, 0) is 11.6 Å². The second kappa shape index (κ2) is 4.99. The average Bonchev–Trinajstić information content (AvgIpc) is 2.51. The molecule has 1 aromatic rings. The van der Waals surface area contributed by atoms with Gasteiger partial charge in [0.15, 0.2) is 5.13 Å². The molecule has 1 rings (SSSR count). The maximum Gasteiger partial charge on any atom is 0.278 e. The second-order valence-corrected chi connectivity index (χ2v) is 3.44. The van der Waals surface area contributed by atoms with E-state index in [1.165, 1.54) is 0 Å². The normalized spacial score (nSPS) is 13.7. The lowest BCUT2D eigenvalue weighted by molar-refractivity contribution is -0.106. The number of carbonyl (C=O) groups excluding carboxylic acids is 1. The SMILES string of the molecule is CC(F)ON=C(C(=O)Cl)c1nsc(N)n1. The molecule has 1 heterocycles. The molecular formula is C6H6ClFN4O2S. The summed E-state index contributed by atoms with van der Waals surface area (Å²) in [6.45, 7) is 1.10. The third kappa shape index (κ3) is 3.40. The Labute approximate surface area is 93.0 Å². The van der Waals surface area contributed by atoms with Crippen molar-refractivity contribution >= 4 is 39.2 Å². The molecule has 0 spiro atoms. The summed E-state index contributed by atoms with van der Waals surface area (Å²) in [5.41, 5.74) is 4.91. The lowest BCUT2D eigenvalue weighted by atomic mass is 10.4. The third-order valence-corrected chi connectivity index (χ3v) is 1.85. The fraction of sp³-hybridized carbons (Fsp3) is 0.333. The molecule has 2 N–H and O–H groups in total. The van der Waals surface area contributed by atoms with Crippen molar-refractivity contribution < 1.29 is 14.0 Å². The van der Waals surface area contributed by atoms with Crippen molar-refractivity contribution in [2.75, 3.05) is 5.73 Å². The number of nitrogens with two attached hydrogens (primary N) is 1. The van der Waals surface area contributed by atoms with Gasteiger partial charge in [0.1, 0.15) is 0 Å². The van der Waals surface area contributed by atoms with Gasteiger partial charge in [0.25, 0.3) is 11.6 Å². The van der Waals surface area contributed by atoms with Crippen LogP contribution in [0, 0.1) is 0 Å². The molecular weight excluding hydrogens is 247 g/mol. The van der Waals surface area contributed by atoms with E-state index >= 15 is 0 Å². The van der Waals surface area contributed by atoms with Gasteiger partial charge in [-0.1, -0.05) is 5.16 Å². The Balaban J connectivity index is 2.93. The Bertz CT molecular complexity index is 394. The molecule has 1 unspecified atom stereocenters. The van der Waals surface area contributed by atoms with E-state index in [2.05, 4.69) is 19.4 Å². The predicted molar refractivity (Wildman–Crippen MR) is 53.4 cm³/mol. The molecule has 9 heteroatoms. The summed E-state index contributed by atoms with van der Waals surface area (Å²) in [5, 5.41) is 2.38. The molecule has 0 amide bonds. The highest BCUT2D eigenvalue weighted by Gasteiger charge is 2.18. The minimum Gasteiger partial charge on any atom is -0.374 e. The van der Waals surface area contributed by atoms with Crippen molar-refractivity contribution in [3.05, 3.63) is 5.82 Å². The fourth-order valence-electron chi connectivity index (χ4n) is 0.621. The van der Waals surface area contributed by atoms with Crippen molar-refractivity contribution in [2.24, 2.45) is 5.16 Å². The van der Waals surface area contributed by atoms with Crippen LogP contribution in [0.15, 0.2) is 5.16 Å². The predicted octanol–water partition coefficient (Wildman–Crippen LogP) is 0.922. The molecule has 1 atom stereocenters. The Morgan fingerprint density at radius 1 is 1.80 bits per heavy atom. The quantitative estimate of drug-likeness (QED) is 0.489. The number of oxime groups is 1. The van der Waals surface area contributed by atoms with E-state index < -0.39 is 11.6 Å². The van der Waals surface area contributed by atoms with Crippen LogP contribution in [-0.2, 0) is 9.63 Å². The first kappa shape index (κ1) is 11.8. The van der Waals surface area contributed by atoms with Gasteiger partial charge in [-0.2, -0.15) is 13.7 Å². The topological polar surface area (TPSA) is 90.5 Å². The number of aromatic nitrogens is 2. The highest BCUT2D eigenvalue weighted by molar-refractivity contribution is 7.09. The van der Waals surface area contributed by atoms with Gasteiger partial charge in [0.2, 0.25) is 11.5 Å². The van der Waals surface area contributed by atoms with E-state index in [0.29, 0.717) is 0 Å². The first-order valence-corrected chi connectivity index (χ1v) is 4.83. The zero-order chi connectivity index (χ0) is 11.4. The maximum atomic E-state index is 12.3.